The summed E-state index contributed by atoms with van der Waals surface area (Å²) in [5, 5.41) is 11.3. The van der Waals surface area contributed by atoms with Crippen LogP contribution in [0.5, 0.6) is 17.2 Å². The summed E-state index contributed by atoms with van der Waals surface area (Å²) in [6, 6.07) is 13.5. The number of nitriles is 1. The van der Waals surface area contributed by atoms with E-state index in [0.29, 0.717) is 30.6 Å². The number of methoxy groups -OCH3 is 1. The van der Waals surface area contributed by atoms with E-state index in [9.17, 15) is 4.79 Å². The molecule has 2 aromatic carbocycles. The van der Waals surface area contributed by atoms with Gasteiger partial charge in [0.25, 0.3) is 0 Å². The number of amides is 1. The first-order valence-electron chi connectivity index (χ1n) is 9.62. The van der Waals surface area contributed by atoms with E-state index in [1.54, 1.807) is 13.2 Å². The lowest BCUT2D eigenvalue weighted by Crippen LogP contribution is -2.22. The Hall–Kier alpha value is -3.20. The summed E-state index contributed by atoms with van der Waals surface area (Å²) in [7, 11) is 1.57. The van der Waals surface area contributed by atoms with Crippen molar-refractivity contribution in [2.75, 3.05) is 20.3 Å². The standard InChI is InChI=1S/C23H28N2O4/c1-16(2)19-9-8-17(3)14-21(19)28-12-13-29-23-18(6-5-7-20(23)27-4)15-25-22(26)10-11-24/h5-9,14,16H,10,12-13,15H2,1-4H3,(H,25,26). The van der Waals surface area contributed by atoms with Crippen molar-refractivity contribution >= 4 is 5.91 Å². The number of para-hydroxylation sites is 1. The molecule has 0 aliphatic heterocycles. The van der Waals surface area contributed by atoms with Crippen LogP contribution < -0.4 is 19.5 Å². The highest BCUT2D eigenvalue weighted by Crippen LogP contribution is 2.31. The maximum absolute atomic E-state index is 11.6. The second-order valence-corrected chi connectivity index (χ2v) is 6.95. The van der Waals surface area contributed by atoms with Gasteiger partial charge in [-0.25, -0.2) is 0 Å². The smallest absolute Gasteiger partial charge is 0.234 e. The van der Waals surface area contributed by atoms with Gasteiger partial charge >= 0.3 is 0 Å². The number of hydrogen-bond acceptors (Lipinski definition) is 5. The zero-order valence-electron chi connectivity index (χ0n) is 17.5. The first kappa shape index (κ1) is 22.1. The Morgan fingerprint density at radius 1 is 1.14 bits per heavy atom. The lowest BCUT2D eigenvalue weighted by Gasteiger charge is -2.17. The Morgan fingerprint density at radius 3 is 2.59 bits per heavy atom. The Balaban J connectivity index is 2.02. The number of benzene rings is 2. The number of carbonyl (C=O) groups is 1. The van der Waals surface area contributed by atoms with Crippen molar-refractivity contribution in [1.82, 2.24) is 5.32 Å². The van der Waals surface area contributed by atoms with Crippen molar-refractivity contribution in [3.8, 4) is 23.3 Å². The van der Waals surface area contributed by atoms with Crippen molar-refractivity contribution in [2.45, 2.75) is 39.7 Å². The summed E-state index contributed by atoms with van der Waals surface area (Å²) in [6.45, 7) is 7.26. The maximum Gasteiger partial charge on any atom is 0.234 e. The average molecular weight is 396 g/mol. The molecule has 0 aliphatic carbocycles. The minimum Gasteiger partial charge on any atom is -0.493 e. The highest BCUT2D eigenvalue weighted by molar-refractivity contribution is 5.78. The third-order valence-corrected chi connectivity index (χ3v) is 4.37. The van der Waals surface area contributed by atoms with Crippen LogP contribution in [0.15, 0.2) is 36.4 Å². The molecule has 1 amide bonds. The van der Waals surface area contributed by atoms with Crippen LogP contribution in [0.4, 0.5) is 0 Å². The summed E-state index contributed by atoms with van der Waals surface area (Å²) in [5.74, 6) is 2.04. The molecule has 29 heavy (non-hydrogen) atoms. The Morgan fingerprint density at radius 2 is 1.90 bits per heavy atom. The number of ether oxygens (including phenoxy) is 3. The van der Waals surface area contributed by atoms with E-state index in [4.69, 9.17) is 19.5 Å². The molecule has 0 atom stereocenters. The normalized spacial score (nSPS) is 10.3. The van der Waals surface area contributed by atoms with Gasteiger partial charge in [0.1, 0.15) is 25.4 Å². The molecule has 6 heteroatoms. The first-order valence-corrected chi connectivity index (χ1v) is 9.62. The van der Waals surface area contributed by atoms with Crippen molar-refractivity contribution in [3.63, 3.8) is 0 Å². The molecule has 2 aromatic rings. The Bertz CT molecular complexity index is 872. The summed E-state index contributed by atoms with van der Waals surface area (Å²) in [4.78, 5) is 11.6. The molecule has 0 aromatic heterocycles. The van der Waals surface area contributed by atoms with E-state index >= 15 is 0 Å². The second kappa shape index (κ2) is 11.0. The number of nitrogens with zero attached hydrogens (tertiary/aromatic N) is 1. The van der Waals surface area contributed by atoms with E-state index < -0.39 is 0 Å². The minimum atomic E-state index is -0.328. The molecule has 0 radical (unpaired) electrons. The van der Waals surface area contributed by atoms with Crippen LogP contribution in [0.1, 0.15) is 42.9 Å². The molecule has 0 saturated heterocycles. The number of aryl methyl sites for hydroxylation is 1. The first-order chi connectivity index (χ1) is 14.0. The third-order valence-electron chi connectivity index (χ3n) is 4.37. The van der Waals surface area contributed by atoms with Gasteiger partial charge in [0.2, 0.25) is 5.91 Å². The monoisotopic (exact) mass is 396 g/mol. The quantitative estimate of drug-likeness (QED) is 0.611. The van der Waals surface area contributed by atoms with Crippen LogP contribution in [0.25, 0.3) is 0 Å². The van der Waals surface area contributed by atoms with Crippen molar-refractivity contribution in [1.29, 1.82) is 5.26 Å². The lowest BCUT2D eigenvalue weighted by atomic mass is 10.0. The van der Waals surface area contributed by atoms with Gasteiger partial charge in [0.05, 0.1) is 13.2 Å². The number of rotatable bonds is 10. The van der Waals surface area contributed by atoms with Crippen LogP contribution in [-0.4, -0.2) is 26.2 Å². The molecule has 0 unspecified atom stereocenters. The molecule has 6 nitrogen and oxygen atoms in total. The molecular weight excluding hydrogens is 368 g/mol. The van der Waals surface area contributed by atoms with Crippen LogP contribution in [0.2, 0.25) is 0 Å². The van der Waals surface area contributed by atoms with E-state index in [1.165, 1.54) is 0 Å². The predicted octanol–water partition coefficient (Wildman–Crippen LogP) is 4.11. The molecule has 0 spiro atoms. The molecule has 0 aliphatic rings. The Kier molecular flexibility index (Phi) is 8.35. The molecule has 0 heterocycles. The maximum atomic E-state index is 11.6. The highest BCUT2D eigenvalue weighted by atomic mass is 16.5. The number of hydrogen-bond donors (Lipinski definition) is 1. The van der Waals surface area contributed by atoms with Gasteiger partial charge < -0.3 is 19.5 Å². The molecule has 0 fully saturated rings. The minimum absolute atomic E-state index is 0.178. The highest BCUT2D eigenvalue weighted by Gasteiger charge is 2.13. The molecule has 2 rings (SSSR count). The van der Waals surface area contributed by atoms with Crippen molar-refractivity contribution in [3.05, 3.63) is 53.1 Å². The molecule has 0 saturated carbocycles. The van der Waals surface area contributed by atoms with E-state index in [2.05, 4.69) is 31.3 Å². The lowest BCUT2D eigenvalue weighted by molar-refractivity contribution is -0.120. The zero-order valence-corrected chi connectivity index (χ0v) is 17.5. The van der Waals surface area contributed by atoms with Crippen LogP contribution in [-0.2, 0) is 11.3 Å². The van der Waals surface area contributed by atoms with Gasteiger partial charge in [-0.1, -0.05) is 38.1 Å². The topological polar surface area (TPSA) is 80.6 Å². The molecule has 154 valence electrons. The van der Waals surface area contributed by atoms with Crippen molar-refractivity contribution < 1.29 is 19.0 Å². The van der Waals surface area contributed by atoms with Crippen LogP contribution >= 0.6 is 0 Å². The zero-order chi connectivity index (χ0) is 21.2. The van der Waals surface area contributed by atoms with Gasteiger partial charge in [-0.05, 0) is 36.1 Å². The van der Waals surface area contributed by atoms with Gasteiger partial charge in [0.15, 0.2) is 11.5 Å². The van der Waals surface area contributed by atoms with E-state index in [1.807, 2.05) is 31.2 Å². The van der Waals surface area contributed by atoms with Gasteiger partial charge in [-0.3, -0.25) is 4.79 Å². The van der Waals surface area contributed by atoms with Gasteiger partial charge in [0, 0.05) is 12.1 Å². The second-order valence-electron chi connectivity index (χ2n) is 6.95. The van der Waals surface area contributed by atoms with E-state index in [-0.39, 0.29) is 18.9 Å². The average Bonchev–Trinajstić information content (AvgIpc) is 2.70. The fourth-order valence-corrected chi connectivity index (χ4v) is 2.89. The summed E-state index contributed by atoms with van der Waals surface area (Å²) < 4.78 is 17.3. The van der Waals surface area contributed by atoms with Gasteiger partial charge in [-0.2, -0.15) is 5.26 Å². The van der Waals surface area contributed by atoms with Crippen LogP contribution in [0, 0.1) is 18.3 Å². The van der Waals surface area contributed by atoms with E-state index in [0.717, 1.165) is 22.4 Å². The van der Waals surface area contributed by atoms with Gasteiger partial charge in [-0.15, -0.1) is 0 Å². The van der Waals surface area contributed by atoms with Crippen molar-refractivity contribution in [2.24, 2.45) is 0 Å². The largest absolute Gasteiger partial charge is 0.493 e. The molecule has 1 N–H and O–H groups in total. The fourth-order valence-electron chi connectivity index (χ4n) is 2.89. The number of carbonyl (C=O) groups excluding carboxylic acids is 1. The third kappa shape index (κ3) is 6.42. The summed E-state index contributed by atoms with van der Waals surface area (Å²) in [5.41, 5.74) is 3.08. The molecule has 0 bridgehead atoms. The molecular formula is C23H28N2O4. The SMILES string of the molecule is COc1cccc(CNC(=O)CC#N)c1OCCOc1cc(C)ccc1C(C)C. The predicted molar refractivity (Wildman–Crippen MR) is 111 cm³/mol. The summed E-state index contributed by atoms with van der Waals surface area (Å²) in [6.07, 6.45) is -0.178. The Labute approximate surface area is 172 Å². The summed E-state index contributed by atoms with van der Waals surface area (Å²) >= 11 is 0. The fraction of sp³-hybridized carbons (Fsp3) is 0.391. The number of nitrogens with one attached hydrogen (secondary N) is 1. The van der Waals surface area contributed by atoms with Crippen LogP contribution in [0.3, 0.4) is 0 Å².